The number of nitrogens with zero attached hydrogens (tertiary/aromatic N) is 1. The van der Waals surface area contributed by atoms with Crippen molar-refractivity contribution in [3.05, 3.63) is 72.9 Å². The van der Waals surface area contributed by atoms with E-state index in [0.29, 0.717) is 19.3 Å². The van der Waals surface area contributed by atoms with E-state index in [0.717, 1.165) is 70.6 Å². The molecule has 0 aromatic carbocycles. The number of carboxylic acids is 1. The van der Waals surface area contributed by atoms with Crippen molar-refractivity contribution in [1.29, 1.82) is 0 Å². The zero-order valence-electron chi connectivity index (χ0n) is 34.2. The molecule has 0 aliphatic rings. The number of esters is 2. The van der Waals surface area contributed by atoms with Crippen LogP contribution in [0, 0.1) is 0 Å². The Morgan fingerprint density at radius 2 is 1.06 bits per heavy atom. The summed E-state index contributed by atoms with van der Waals surface area (Å²) in [6.07, 6.45) is 43.7. The monoisotopic (exact) mass is 742 g/mol. The van der Waals surface area contributed by atoms with E-state index >= 15 is 0 Å². The highest BCUT2D eigenvalue weighted by Gasteiger charge is 2.25. The van der Waals surface area contributed by atoms with Crippen LogP contribution in [-0.2, 0) is 28.6 Å². The van der Waals surface area contributed by atoms with Crippen molar-refractivity contribution in [3.63, 3.8) is 0 Å². The van der Waals surface area contributed by atoms with Crippen LogP contribution < -0.4 is 5.11 Å². The number of rotatable bonds is 35. The molecule has 2 atom stereocenters. The molecule has 0 aliphatic heterocycles. The van der Waals surface area contributed by atoms with Crippen LogP contribution in [-0.4, -0.2) is 75.5 Å². The zero-order chi connectivity index (χ0) is 39.3. The van der Waals surface area contributed by atoms with Crippen LogP contribution >= 0.6 is 0 Å². The Kier molecular flexibility index (Phi) is 33.6. The minimum absolute atomic E-state index is 0.0239. The van der Waals surface area contributed by atoms with Crippen LogP contribution in [0.2, 0.25) is 0 Å². The predicted octanol–water partition coefficient (Wildman–Crippen LogP) is 9.46. The van der Waals surface area contributed by atoms with E-state index in [1.807, 2.05) is 0 Å². The molecule has 0 aromatic rings. The third kappa shape index (κ3) is 34.3. The average Bonchev–Trinajstić information content (AvgIpc) is 3.11. The number of allylic oxidation sites excluding steroid dienone is 12. The smallest absolute Gasteiger partial charge is 0.306 e. The lowest BCUT2D eigenvalue weighted by Gasteiger charge is -2.34. The van der Waals surface area contributed by atoms with Gasteiger partial charge in [-0.05, 0) is 64.2 Å². The maximum atomic E-state index is 12.6. The summed E-state index contributed by atoms with van der Waals surface area (Å²) in [6, 6.07) is -0.733. The Morgan fingerprint density at radius 1 is 0.585 bits per heavy atom. The standard InChI is InChI=1S/C45H75NO7/c1-6-8-10-12-14-16-17-18-19-20-21-22-23-24-25-26-27-28-30-31-33-35-43(47)52-40-41(39-51-38-37-42(45(49)50)46(3,4)5)53-44(48)36-34-32-29-15-13-11-9-7-2/h8,10,14,16,18-19,21-22,24-25,27-28,41-42H,6-7,9,11-13,15,17,20,23,26,29-40H2,1-5H3/b10-8+,16-14+,19-18+,22-21+,25-24+,28-27+. The van der Waals surface area contributed by atoms with Gasteiger partial charge in [0.15, 0.2) is 6.10 Å². The Balaban J connectivity index is 4.38. The van der Waals surface area contributed by atoms with E-state index in [4.69, 9.17) is 14.2 Å². The topological polar surface area (TPSA) is 102 Å². The fourth-order valence-electron chi connectivity index (χ4n) is 5.42. The van der Waals surface area contributed by atoms with Gasteiger partial charge in [0.25, 0.3) is 0 Å². The number of likely N-dealkylation sites (N-methyl/N-ethyl adjacent to an activating group) is 1. The number of ether oxygens (including phenoxy) is 3. The van der Waals surface area contributed by atoms with Gasteiger partial charge in [-0.3, -0.25) is 9.59 Å². The predicted molar refractivity (Wildman–Crippen MR) is 217 cm³/mol. The summed E-state index contributed by atoms with van der Waals surface area (Å²) in [5, 5.41) is 11.6. The minimum Gasteiger partial charge on any atom is -0.544 e. The van der Waals surface area contributed by atoms with Crippen LogP contribution in [0.15, 0.2) is 72.9 Å². The van der Waals surface area contributed by atoms with Crippen molar-refractivity contribution in [2.45, 2.75) is 154 Å². The Hall–Kier alpha value is -3.23. The molecule has 302 valence electrons. The molecule has 2 unspecified atom stereocenters. The van der Waals surface area contributed by atoms with Crippen molar-refractivity contribution in [2.24, 2.45) is 0 Å². The summed E-state index contributed by atoms with van der Waals surface area (Å²) in [5.74, 6) is -1.81. The molecule has 53 heavy (non-hydrogen) atoms. The number of hydrogen-bond donors (Lipinski definition) is 0. The fraction of sp³-hybridized carbons (Fsp3) is 0.667. The first-order chi connectivity index (χ1) is 25.6. The van der Waals surface area contributed by atoms with Gasteiger partial charge >= 0.3 is 11.9 Å². The summed E-state index contributed by atoms with van der Waals surface area (Å²) < 4.78 is 17.0. The molecule has 0 radical (unpaired) electrons. The normalized spacial score (nSPS) is 13.8. The molecule has 0 amide bonds. The fourth-order valence-corrected chi connectivity index (χ4v) is 5.42. The molecule has 0 aliphatic carbocycles. The van der Waals surface area contributed by atoms with E-state index in [1.165, 1.54) is 32.1 Å². The molecule has 0 rings (SSSR count). The number of quaternary nitrogens is 1. The van der Waals surface area contributed by atoms with E-state index in [-0.39, 0.29) is 42.7 Å². The number of aliphatic carboxylic acids is 1. The lowest BCUT2D eigenvalue weighted by Crippen LogP contribution is -2.55. The molecule has 0 N–H and O–H groups in total. The van der Waals surface area contributed by atoms with Gasteiger partial charge in [0.05, 0.1) is 40.3 Å². The highest BCUT2D eigenvalue weighted by atomic mass is 16.6. The highest BCUT2D eigenvalue weighted by molar-refractivity contribution is 5.70. The molecule has 0 heterocycles. The van der Waals surface area contributed by atoms with Gasteiger partial charge in [0, 0.05) is 19.3 Å². The van der Waals surface area contributed by atoms with Gasteiger partial charge in [0.2, 0.25) is 0 Å². The molecular formula is C45H75NO7. The SMILES string of the molecule is CC/C=C/C/C=C/C/C=C/C/C=C/C/C=C/C/C=C/CCCCC(=O)OCC(COCCC(C(=O)[O-])[N+](C)(C)C)OC(=O)CCCCCCCCCC. The van der Waals surface area contributed by atoms with Gasteiger partial charge in [-0.2, -0.15) is 0 Å². The summed E-state index contributed by atoms with van der Waals surface area (Å²) in [6.45, 7) is 4.44. The summed E-state index contributed by atoms with van der Waals surface area (Å²) >= 11 is 0. The summed E-state index contributed by atoms with van der Waals surface area (Å²) in [7, 11) is 5.37. The molecule has 0 bridgehead atoms. The minimum atomic E-state index is -1.14. The maximum Gasteiger partial charge on any atom is 0.306 e. The van der Waals surface area contributed by atoms with Gasteiger partial charge < -0.3 is 28.6 Å². The summed E-state index contributed by atoms with van der Waals surface area (Å²) in [4.78, 5) is 36.6. The zero-order valence-corrected chi connectivity index (χ0v) is 34.2. The third-order valence-corrected chi connectivity index (χ3v) is 8.61. The number of hydrogen-bond acceptors (Lipinski definition) is 7. The second-order valence-electron chi connectivity index (χ2n) is 14.5. The first-order valence-electron chi connectivity index (χ1n) is 20.5. The third-order valence-electron chi connectivity index (χ3n) is 8.61. The van der Waals surface area contributed by atoms with E-state index in [1.54, 1.807) is 21.1 Å². The molecule has 0 fully saturated rings. The first kappa shape index (κ1) is 49.8. The number of carbonyl (C=O) groups is 3. The van der Waals surface area contributed by atoms with E-state index in [9.17, 15) is 19.5 Å². The van der Waals surface area contributed by atoms with Gasteiger partial charge in [-0.25, -0.2) is 0 Å². The van der Waals surface area contributed by atoms with Crippen LogP contribution in [0.25, 0.3) is 0 Å². The molecule has 0 aromatic heterocycles. The second kappa shape index (κ2) is 35.8. The lowest BCUT2D eigenvalue weighted by molar-refractivity contribution is -0.889. The molecule has 0 spiro atoms. The molecular weight excluding hydrogens is 666 g/mol. The van der Waals surface area contributed by atoms with Crippen molar-refractivity contribution >= 4 is 17.9 Å². The Labute approximate surface area is 323 Å². The van der Waals surface area contributed by atoms with Crippen molar-refractivity contribution in [2.75, 3.05) is 41.0 Å². The van der Waals surface area contributed by atoms with Gasteiger partial charge in [-0.15, -0.1) is 0 Å². The average molecular weight is 742 g/mol. The van der Waals surface area contributed by atoms with Crippen molar-refractivity contribution in [3.8, 4) is 0 Å². The Morgan fingerprint density at radius 3 is 1.57 bits per heavy atom. The van der Waals surface area contributed by atoms with Crippen molar-refractivity contribution < 1.29 is 38.2 Å². The lowest BCUT2D eigenvalue weighted by atomic mass is 10.1. The van der Waals surface area contributed by atoms with E-state index < -0.39 is 18.1 Å². The van der Waals surface area contributed by atoms with Crippen LogP contribution in [0.3, 0.4) is 0 Å². The number of unbranched alkanes of at least 4 members (excludes halogenated alkanes) is 9. The molecule has 0 saturated heterocycles. The number of carboxylic acid groups (broad SMARTS) is 1. The highest BCUT2D eigenvalue weighted by Crippen LogP contribution is 2.12. The molecule has 8 heteroatoms. The van der Waals surface area contributed by atoms with E-state index in [2.05, 4.69) is 86.8 Å². The van der Waals surface area contributed by atoms with Crippen molar-refractivity contribution in [1.82, 2.24) is 0 Å². The van der Waals surface area contributed by atoms with Gasteiger partial charge in [-0.1, -0.05) is 132 Å². The quantitative estimate of drug-likeness (QED) is 0.0276. The largest absolute Gasteiger partial charge is 0.544 e. The maximum absolute atomic E-state index is 12.6. The van der Waals surface area contributed by atoms with Crippen LogP contribution in [0.4, 0.5) is 0 Å². The summed E-state index contributed by atoms with van der Waals surface area (Å²) in [5.41, 5.74) is 0. The van der Waals surface area contributed by atoms with Crippen LogP contribution in [0.5, 0.6) is 0 Å². The van der Waals surface area contributed by atoms with Gasteiger partial charge in [0.1, 0.15) is 12.6 Å². The number of carbonyl (C=O) groups excluding carboxylic acids is 3. The Bertz CT molecular complexity index is 1100. The van der Waals surface area contributed by atoms with Crippen LogP contribution in [0.1, 0.15) is 142 Å². The first-order valence-corrected chi connectivity index (χ1v) is 20.5. The second-order valence-corrected chi connectivity index (χ2v) is 14.5. The molecule has 8 nitrogen and oxygen atoms in total. The molecule has 0 saturated carbocycles.